The van der Waals surface area contributed by atoms with E-state index in [9.17, 15) is 4.79 Å². The van der Waals surface area contributed by atoms with Crippen molar-refractivity contribution in [1.82, 2.24) is 19.7 Å². The van der Waals surface area contributed by atoms with Crippen molar-refractivity contribution < 1.29 is 9.53 Å². The fourth-order valence-electron chi connectivity index (χ4n) is 4.18. The molecule has 1 amide bonds. The molecule has 1 atom stereocenters. The Morgan fingerprint density at radius 1 is 1.21 bits per heavy atom. The van der Waals surface area contributed by atoms with Crippen molar-refractivity contribution in [3.8, 4) is 11.4 Å². The van der Waals surface area contributed by atoms with Crippen LogP contribution in [0.3, 0.4) is 0 Å². The van der Waals surface area contributed by atoms with Gasteiger partial charge in [0.15, 0.2) is 11.0 Å². The molecular formula is C25H28N6O2S. The number of rotatable bonds is 8. The molecule has 9 heteroatoms. The minimum atomic E-state index is -0.0806. The van der Waals surface area contributed by atoms with Gasteiger partial charge >= 0.3 is 0 Å². The lowest BCUT2D eigenvalue weighted by Gasteiger charge is -2.15. The Hall–Kier alpha value is -3.30. The number of hydrogen-bond acceptors (Lipinski definition) is 6. The second-order valence-electron chi connectivity index (χ2n) is 8.58. The lowest BCUT2D eigenvalue weighted by molar-refractivity contribution is -0.113. The number of aromatic nitrogens is 4. The predicted octanol–water partition coefficient (Wildman–Crippen LogP) is 4.40. The van der Waals surface area contributed by atoms with Gasteiger partial charge in [0, 0.05) is 54.7 Å². The van der Waals surface area contributed by atoms with Gasteiger partial charge in [0.1, 0.15) is 0 Å². The maximum absolute atomic E-state index is 12.6. The smallest absolute Gasteiger partial charge is 0.234 e. The van der Waals surface area contributed by atoms with Gasteiger partial charge in [0.25, 0.3) is 0 Å². The zero-order chi connectivity index (χ0) is 23.5. The highest BCUT2D eigenvalue weighted by Crippen LogP contribution is 2.31. The first kappa shape index (κ1) is 22.5. The highest BCUT2D eigenvalue weighted by molar-refractivity contribution is 7.99. The van der Waals surface area contributed by atoms with Gasteiger partial charge in [-0.1, -0.05) is 30.0 Å². The van der Waals surface area contributed by atoms with Gasteiger partial charge in [-0.3, -0.25) is 9.36 Å². The van der Waals surface area contributed by atoms with Crippen molar-refractivity contribution in [3.05, 3.63) is 54.7 Å². The molecule has 8 nitrogen and oxygen atoms in total. The summed E-state index contributed by atoms with van der Waals surface area (Å²) in [5, 5.41) is 13.7. The summed E-state index contributed by atoms with van der Waals surface area (Å²) in [6.07, 6.45) is 4.17. The second kappa shape index (κ2) is 9.90. The van der Waals surface area contributed by atoms with Crippen LogP contribution >= 0.6 is 11.8 Å². The van der Waals surface area contributed by atoms with Crippen LogP contribution in [0.25, 0.3) is 22.3 Å². The maximum Gasteiger partial charge on any atom is 0.234 e. The summed E-state index contributed by atoms with van der Waals surface area (Å²) in [6, 6.07) is 15.9. The normalized spacial score (nSPS) is 15.6. The number of hydrogen-bond donors (Lipinski definition) is 2. The number of ether oxygens (including phenoxy) is 1. The number of thioether (sulfide) groups is 1. The minimum absolute atomic E-state index is 0.0806. The molecule has 2 N–H and O–H groups in total. The van der Waals surface area contributed by atoms with Crippen LogP contribution in [0.15, 0.2) is 59.9 Å². The van der Waals surface area contributed by atoms with Crippen LogP contribution in [-0.4, -0.2) is 58.2 Å². The lowest BCUT2D eigenvalue weighted by Crippen LogP contribution is -2.18. The van der Waals surface area contributed by atoms with E-state index in [0.29, 0.717) is 11.7 Å². The monoisotopic (exact) mass is 476 g/mol. The molecule has 0 bridgehead atoms. The number of fused-ring (bicyclic) bond motifs is 1. The zero-order valence-corrected chi connectivity index (χ0v) is 20.1. The number of para-hydroxylation sites is 1. The Morgan fingerprint density at radius 3 is 2.79 bits per heavy atom. The Bertz CT molecular complexity index is 1270. The van der Waals surface area contributed by atoms with Gasteiger partial charge in [-0.2, -0.15) is 0 Å². The number of aromatic amines is 1. The summed E-state index contributed by atoms with van der Waals surface area (Å²) in [5.41, 5.74) is 3.91. The zero-order valence-electron chi connectivity index (χ0n) is 19.3. The van der Waals surface area contributed by atoms with Crippen molar-refractivity contribution >= 4 is 39.9 Å². The quantitative estimate of drug-likeness (QED) is 0.367. The molecule has 1 saturated heterocycles. The number of carbonyl (C=O) groups excluding carboxylic acids is 1. The molecule has 1 aliphatic heterocycles. The Labute approximate surface area is 202 Å². The molecule has 34 heavy (non-hydrogen) atoms. The number of nitrogens with zero attached hydrogens (tertiary/aromatic N) is 4. The molecule has 5 rings (SSSR count). The van der Waals surface area contributed by atoms with Crippen LogP contribution in [0, 0.1) is 0 Å². The Balaban J connectivity index is 1.34. The first-order chi connectivity index (χ1) is 16.6. The van der Waals surface area contributed by atoms with Crippen LogP contribution in [-0.2, 0) is 16.1 Å². The maximum atomic E-state index is 12.6. The third kappa shape index (κ3) is 4.80. The number of anilines is 2. The number of benzene rings is 2. The summed E-state index contributed by atoms with van der Waals surface area (Å²) in [5.74, 6) is 0.950. The molecule has 3 heterocycles. The molecule has 2 aromatic heterocycles. The van der Waals surface area contributed by atoms with E-state index in [0.717, 1.165) is 53.1 Å². The van der Waals surface area contributed by atoms with Gasteiger partial charge in [-0.05, 0) is 43.2 Å². The van der Waals surface area contributed by atoms with Gasteiger partial charge in [-0.15, -0.1) is 10.2 Å². The predicted molar refractivity (Wildman–Crippen MR) is 136 cm³/mol. The first-order valence-electron chi connectivity index (χ1n) is 11.4. The van der Waals surface area contributed by atoms with Gasteiger partial charge < -0.3 is 19.9 Å². The van der Waals surface area contributed by atoms with E-state index in [1.54, 1.807) is 0 Å². The first-order valence-corrected chi connectivity index (χ1v) is 12.4. The Kier molecular flexibility index (Phi) is 6.55. The van der Waals surface area contributed by atoms with Crippen LogP contribution < -0.4 is 10.2 Å². The molecule has 0 radical (unpaired) electrons. The fourth-order valence-corrected chi connectivity index (χ4v) is 4.93. The molecule has 1 unspecified atom stereocenters. The highest BCUT2D eigenvalue weighted by atomic mass is 32.2. The van der Waals surface area contributed by atoms with Crippen LogP contribution in [0.5, 0.6) is 0 Å². The van der Waals surface area contributed by atoms with Crippen LogP contribution in [0.1, 0.15) is 12.8 Å². The minimum Gasteiger partial charge on any atom is -0.378 e. The number of carbonyl (C=O) groups is 1. The van der Waals surface area contributed by atoms with E-state index in [4.69, 9.17) is 4.74 Å². The van der Waals surface area contributed by atoms with E-state index in [-0.39, 0.29) is 17.8 Å². The molecule has 0 spiro atoms. The number of nitrogens with one attached hydrogen (secondary N) is 2. The van der Waals surface area contributed by atoms with Crippen molar-refractivity contribution in [1.29, 1.82) is 0 Å². The molecular weight excluding hydrogens is 448 g/mol. The molecule has 0 saturated carbocycles. The molecule has 1 aliphatic rings. The second-order valence-corrected chi connectivity index (χ2v) is 9.52. The van der Waals surface area contributed by atoms with Crippen LogP contribution in [0.4, 0.5) is 11.4 Å². The van der Waals surface area contributed by atoms with E-state index < -0.39 is 0 Å². The average Bonchev–Trinajstić information content (AvgIpc) is 3.59. The van der Waals surface area contributed by atoms with Gasteiger partial charge in [0.05, 0.1) is 18.4 Å². The lowest BCUT2D eigenvalue weighted by atomic mass is 10.1. The summed E-state index contributed by atoms with van der Waals surface area (Å²) in [6.45, 7) is 1.45. The third-order valence-electron chi connectivity index (χ3n) is 5.96. The van der Waals surface area contributed by atoms with E-state index in [1.807, 2.05) is 67.7 Å². The van der Waals surface area contributed by atoms with Gasteiger partial charge in [0.2, 0.25) is 5.91 Å². The van der Waals surface area contributed by atoms with Crippen molar-refractivity contribution in [2.45, 2.75) is 30.6 Å². The summed E-state index contributed by atoms with van der Waals surface area (Å²) in [7, 11) is 3.98. The van der Waals surface area contributed by atoms with Crippen molar-refractivity contribution in [3.63, 3.8) is 0 Å². The SMILES string of the molecule is CN(C)c1ccc(NC(=O)CSc2nnc(-c3c[nH]c4ccccc34)n2CC2CCCO2)cc1. The summed E-state index contributed by atoms with van der Waals surface area (Å²) in [4.78, 5) is 18.0. The molecule has 1 fully saturated rings. The highest BCUT2D eigenvalue weighted by Gasteiger charge is 2.23. The molecule has 176 valence electrons. The number of H-pyrrole nitrogens is 1. The molecule has 4 aromatic rings. The van der Waals surface area contributed by atoms with Gasteiger partial charge in [-0.25, -0.2) is 0 Å². The standard InChI is InChI=1S/C25H28N6O2S/c1-30(2)18-11-9-17(10-12-18)27-23(32)16-34-25-29-28-24(31(25)15-19-6-5-13-33-19)21-14-26-22-8-4-3-7-20(21)22/h3-4,7-12,14,19,26H,5-6,13,15-16H2,1-2H3,(H,27,32). The summed E-state index contributed by atoms with van der Waals surface area (Å²) >= 11 is 1.39. The van der Waals surface area contributed by atoms with E-state index >= 15 is 0 Å². The third-order valence-corrected chi connectivity index (χ3v) is 6.92. The number of amides is 1. The fraction of sp³-hybridized carbons (Fsp3) is 0.320. The van der Waals surface area contributed by atoms with E-state index in [2.05, 4.69) is 31.1 Å². The topological polar surface area (TPSA) is 88.1 Å². The molecule has 0 aliphatic carbocycles. The summed E-state index contributed by atoms with van der Waals surface area (Å²) < 4.78 is 7.99. The van der Waals surface area contributed by atoms with E-state index in [1.165, 1.54) is 11.8 Å². The van der Waals surface area contributed by atoms with Crippen molar-refractivity contribution in [2.75, 3.05) is 36.7 Å². The average molecular weight is 477 g/mol. The van der Waals surface area contributed by atoms with Crippen molar-refractivity contribution in [2.24, 2.45) is 0 Å². The largest absolute Gasteiger partial charge is 0.378 e. The van der Waals surface area contributed by atoms with Crippen LogP contribution in [0.2, 0.25) is 0 Å². The molecule has 2 aromatic carbocycles. The Morgan fingerprint density at radius 2 is 2.03 bits per heavy atom.